The number of hydrogen-bond donors (Lipinski definition) is 0. The highest BCUT2D eigenvalue weighted by molar-refractivity contribution is 7.92. The van der Waals surface area contributed by atoms with Crippen LogP contribution in [0.4, 0.5) is 0 Å². The van der Waals surface area contributed by atoms with Crippen molar-refractivity contribution >= 4 is 51.8 Å². The van der Waals surface area contributed by atoms with Crippen LogP contribution in [0, 0.1) is 6.92 Å². The van der Waals surface area contributed by atoms with Gasteiger partial charge in [-0.15, -0.1) is 0 Å². The summed E-state index contributed by atoms with van der Waals surface area (Å²) in [7, 11) is -14.5. The van der Waals surface area contributed by atoms with E-state index in [0.29, 0.717) is 11.8 Å². The fourth-order valence-corrected chi connectivity index (χ4v) is 10.2. The zero-order valence-electron chi connectivity index (χ0n) is 32.5. The highest BCUT2D eigenvalue weighted by Gasteiger charge is 2.29. The normalized spacial score (nSPS) is 12.1. The highest BCUT2D eigenvalue weighted by Crippen LogP contribution is 2.33. The average Bonchev–Trinajstić information content (AvgIpc) is 3.26. The van der Waals surface area contributed by atoms with Crippen molar-refractivity contribution in [1.82, 2.24) is 0 Å². The van der Waals surface area contributed by atoms with E-state index in [1.165, 1.54) is 37.3 Å². The van der Waals surface area contributed by atoms with Gasteiger partial charge in [-0.05, 0) is 127 Å². The fourth-order valence-electron chi connectivity index (χ4n) is 5.77. The number of aryl methyl sites for hydroxylation is 1. The molecule has 0 unspecified atom stereocenters. The van der Waals surface area contributed by atoms with Crippen LogP contribution >= 0.6 is 0 Å². The van der Waals surface area contributed by atoms with Gasteiger partial charge in [-0.25, -0.2) is 26.4 Å². The summed E-state index contributed by atoms with van der Waals surface area (Å²) in [5.41, 5.74) is 2.04. The van der Waals surface area contributed by atoms with Crippen molar-refractivity contribution in [2.45, 2.75) is 36.3 Å². The zero-order chi connectivity index (χ0) is 44.3. The molecule has 19 heteroatoms. The Balaban J connectivity index is 1.16. The summed E-state index contributed by atoms with van der Waals surface area (Å²) in [5, 5.41) is 0. The molecule has 0 saturated carbocycles. The number of benzene rings is 6. The van der Waals surface area contributed by atoms with Crippen LogP contribution in [0.3, 0.4) is 0 Å². The van der Waals surface area contributed by atoms with E-state index in [1.807, 2.05) is 24.3 Å². The number of methoxy groups -OCH3 is 1. The second-order valence-electron chi connectivity index (χ2n) is 12.9. The molecular formula is C42H34O15S4. The van der Waals surface area contributed by atoms with Gasteiger partial charge in [0, 0.05) is 0 Å². The third-order valence-corrected chi connectivity index (χ3v) is 15.4. The average molecular weight is 907 g/mol. The Kier molecular flexibility index (Phi) is 12.6. The van der Waals surface area contributed by atoms with E-state index < -0.39 is 77.2 Å². The van der Waals surface area contributed by atoms with Crippen molar-refractivity contribution in [1.29, 1.82) is 0 Å². The number of ether oxygens (including phenoxy) is 3. The van der Waals surface area contributed by atoms with Crippen LogP contribution in [-0.2, 0) is 48.3 Å². The molecule has 0 aromatic heterocycles. The largest absolute Gasteiger partial charge is 0.497 e. The lowest BCUT2D eigenvalue weighted by Gasteiger charge is -2.13. The molecule has 0 bridgehead atoms. The minimum atomic E-state index is -4.73. The summed E-state index contributed by atoms with van der Waals surface area (Å²) in [4.78, 5) is 23.3. The van der Waals surface area contributed by atoms with E-state index in [9.17, 15) is 43.3 Å². The Morgan fingerprint density at radius 3 is 1.34 bits per heavy atom. The SMILES string of the molecule is COc1ccc(-c2ccc(C(=O)Oc3ccc(S(=O)(=O)c4ccc(C(=O)Oc5ccc(S(=O)(=O)c6ccc(C)c(S(=O)(=O)OC)c6)cc5S(=O)(=O)OC)cc4)cc3)cc2)cc1. The molecule has 0 aliphatic rings. The maximum Gasteiger partial charge on any atom is 0.343 e. The smallest absolute Gasteiger partial charge is 0.343 e. The van der Waals surface area contributed by atoms with Crippen LogP contribution in [-0.4, -0.2) is 66.9 Å². The Labute approximate surface area is 352 Å². The molecule has 0 amide bonds. The first kappa shape index (κ1) is 44.3. The number of hydrogen-bond acceptors (Lipinski definition) is 15. The summed E-state index contributed by atoms with van der Waals surface area (Å²) in [6.45, 7) is 1.42. The third kappa shape index (κ3) is 9.41. The van der Waals surface area contributed by atoms with Gasteiger partial charge in [0.25, 0.3) is 20.2 Å². The van der Waals surface area contributed by atoms with E-state index >= 15 is 0 Å². The molecular weight excluding hydrogens is 873 g/mol. The monoisotopic (exact) mass is 906 g/mol. The molecule has 0 spiro atoms. The van der Waals surface area contributed by atoms with Gasteiger partial charge >= 0.3 is 11.9 Å². The van der Waals surface area contributed by atoms with E-state index in [4.69, 9.17) is 14.2 Å². The third-order valence-electron chi connectivity index (χ3n) is 9.16. The van der Waals surface area contributed by atoms with Gasteiger partial charge in [-0.2, -0.15) is 16.8 Å². The predicted octanol–water partition coefficient (Wildman–Crippen LogP) is 6.44. The minimum Gasteiger partial charge on any atom is -0.497 e. The Bertz CT molecular complexity index is 3090. The first-order chi connectivity index (χ1) is 28.8. The van der Waals surface area contributed by atoms with E-state index in [1.54, 1.807) is 31.4 Å². The van der Waals surface area contributed by atoms with E-state index in [0.717, 1.165) is 73.9 Å². The summed E-state index contributed by atoms with van der Waals surface area (Å²) in [6.07, 6.45) is 0. The second-order valence-corrected chi connectivity index (χ2v) is 20.1. The lowest BCUT2D eigenvalue weighted by molar-refractivity contribution is 0.0722. The minimum absolute atomic E-state index is 0.0866. The first-order valence-corrected chi connectivity index (χ1v) is 23.3. The maximum atomic E-state index is 13.6. The van der Waals surface area contributed by atoms with E-state index in [-0.39, 0.29) is 32.2 Å². The summed E-state index contributed by atoms with van der Waals surface area (Å²) in [5.74, 6) is -1.63. The highest BCUT2D eigenvalue weighted by atomic mass is 32.2. The summed E-state index contributed by atoms with van der Waals surface area (Å²) in [6, 6.07) is 29.5. The van der Waals surface area contributed by atoms with Gasteiger partial charge in [0.05, 0.1) is 56.9 Å². The fraction of sp³-hybridized carbons (Fsp3) is 0.0952. The molecule has 0 radical (unpaired) electrons. The summed E-state index contributed by atoms with van der Waals surface area (Å²) >= 11 is 0. The predicted molar refractivity (Wildman–Crippen MR) is 218 cm³/mol. The van der Waals surface area contributed by atoms with Crippen LogP contribution in [0.25, 0.3) is 11.1 Å². The maximum absolute atomic E-state index is 13.6. The molecule has 61 heavy (non-hydrogen) atoms. The summed E-state index contributed by atoms with van der Waals surface area (Å²) < 4.78 is 130. The van der Waals surface area contributed by atoms with Crippen LogP contribution in [0.5, 0.6) is 17.2 Å². The van der Waals surface area contributed by atoms with Crippen LogP contribution in [0.1, 0.15) is 26.3 Å². The van der Waals surface area contributed by atoms with Gasteiger partial charge in [-0.3, -0.25) is 8.37 Å². The molecule has 0 atom stereocenters. The van der Waals surface area contributed by atoms with Crippen molar-refractivity contribution in [2.24, 2.45) is 0 Å². The Morgan fingerprint density at radius 1 is 0.426 bits per heavy atom. The molecule has 6 aromatic carbocycles. The molecule has 15 nitrogen and oxygen atoms in total. The number of carbonyl (C=O) groups is 2. The van der Waals surface area contributed by atoms with Crippen molar-refractivity contribution in [3.8, 4) is 28.4 Å². The Hall–Kier alpha value is -6.22. The van der Waals surface area contributed by atoms with Gasteiger partial charge in [0.1, 0.15) is 16.4 Å². The zero-order valence-corrected chi connectivity index (χ0v) is 35.7. The van der Waals surface area contributed by atoms with Crippen molar-refractivity contribution in [2.75, 3.05) is 21.3 Å². The molecule has 6 aromatic rings. The molecule has 0 fully saturated rings. The van der Waals surface area contributed by atoms with Crippen molar-refractivity contribution in [3.63, 3.8) is 0 Å². The number of carbonyl (C=O) groups excluding carboxylic acids is 2. The van der Waals surface area contributed by atoms with Crippen molar-refractivity contribution < 1.29 is 65.8 Å². The second kappa shape index (κ2) is 17.4. The molecule has 0 heterocycles. The van der Waals surface area contributed by atoms with Crippen LogP contribution in [0.15, 0.2) is 163 Å². The van der Waals surface area contributed by atoms with Gasteiger partial charge in [-0.1, -0.05) is 30.3 Å². The Morgan fingerprint density at radius 2 is 0.820 bits per heavy atom. The van der Waals surface area contributed by atoms with Gasteiger partial charge in [0.15, 0.2) is 5.75 Å². The quantitative estimate of drug-likeness (QED) is 0.0652. The molecule has 316 valence electrons. The van der Waals surface area contributed by atoms with Gasteiger partial charge in [0.2, 0.25) is 19.7 Å². The lowest BCUT2D eigenvalue weighted by Crippen LogP contribution is -2.14. The molecule has 0 saturated heterocycles. The molecule has 6 rings (SSSR count). The molecule has 0 aliphatic carbocycles. The van der Waals surface area contributed by atoms with Crippen LogP contribution in [0.2, 0.25) is 0 Å². The van der Waals surface area contributed by atoms with Crippen LogP contribution < -0.4 is 14.2 Å². The molecule has 0 N–H and O–H groups in total. The van der Waals surface area contributed by atoms with Crippen molar-refractivity contribution in [3.05, 3.63) is 150 Å². The lowest BCUT2D eigenvalue weighted by atomic mass is 10.0. The number of rotatable bonds is 14. The van der Waals surface area contributed by atoms with E-state index in [2.05, 4.69) is 8.37 Å². The number of sulfone groups is 2. The molecule has 0 aliphatic heterocycles. The first-order valence-electron chi connectivity index (χ1n) is 17.6. The van der Waals surface area contributed by atoms with Gasteiger partial charge < -0.3 is 14.2 Å². The standard InChI is InChI=1S/C42H34O15S4/c1-27-5-18-36(25-39(27)60(49,50)54-3)59(47,48)37-23-24-38(40(26-37)61(51,52)55-4)57-42(44)31-12-19-34(20-13-31)58(45,46)35-21-16-33(17-22-35)56-41(43)30-8-6-28(7-9-30)29-10-14-32(53-2)15-11-29/h5-26H,1-4H3. The number of esters is 2. The topological polar surface area (TPSA) is 217 Å².